The summed E-state index contributed by atoms with van der Waals surface area (Å²) < 4.78 is 2.27. The van der Waals surface area contributed by atoms with Gasteiger partial charge in [0.15, 0.2) is 0 Å². The maximum absolute atomic E-state index is 13.2. The fourth-order valence-electron chi connectivity index (χ4n) is 4.47. The molecule has 2 aromatic heterocycles. The van der Waals surface area contributed by atoms with Gasteiger partial charge in [0, 0.05) is 35.5 Å². The predicted octanol–water partition coefficient (Wildman–Crippen LogP) is 4.26. The van der Waals surface area contributed by atoms with Crippen LogP contribution in [0, 0.1) is 0 Å². The summed E-state index contributed by atoms with van der Waals surface area (Å²) in [5.41, 5.74) is 5.98. The second-order valence-electron chi connectivity index (χ2n) is 7.80. The molecule has 1 aromatic carbocycles. The first-order valence-electron chi connectivity index (χ1n) is 10.2. The minimum absolute atomic E-state index is 0.198. The van der Waals surface area contributed by atoms with E-state index in [0.29, 0.717) is 6.54 Å². The molecule has 1 aliphatic heterocycles. The van der Waals surface area contributed by atoms with Crippen LogP contribution in [0.1, 0.15) is 50.6 Å². The van der Waals surface area contributed by atoms with Crippen molar-refractivity contribution in [1.82, 2.24) is 14.5 Å². The number of benzene rings is 1. The highest BCUT2D eigenvalue weighted by atomic mass is 32.1. The molecule has 0 fully saturated rings. The van der Waals surface area contributed by atoms with Gasteiger partial charge in [-0.2, -0.15) is 0 Å². The Labute approximate surface area is 169 Å². The number of thiophene rings is 1. The molecule has 0 saturated heterocycles. The number of aromatic nitrogens is 2. The molecule has 0 unspecified atom stereocenters. The van der Waals surface area contributed by atoms with E-state index in [2.05, 4.69) is 45.3 Å². The highest BCUT2D eigenvalue weighted by Crippen LogP contribution is 2.32. The molecule has 0 atom stereocenters. The topological polar surface area (TPSA) is 38.1 Å². The van der Waals surface area contributed by atoms with Crippen molar-refractivity contribution in [2.24, 2.45) is 0 Å². The second kappa shape index (κ2) is 7.55. The third-order valence-electron chi connectivity index (χ3n) is 6.06. The summed E-state index contributed by atoms with van der Waals surface area (Å²) in [7, 11) is 0. The van der Waals surface area contributed by atoms with Gasteiger partial charge in [0.1, 0.15) is 0 Å². The van der Waals surface area contributed by atoms with Crippen molar-refractivity contribution in [1.29, 1.82) is 0 Å². The zero-order valence-corrected chi connectivity index (χ0v) is 16.9. The van der Waals surface area contributed by atoms with E-state index < -0.39 is 0 Å². The molecule has 144 valence electrons. The molecule has 3 aromatic rings. The standard InChI is InChI=1S/C23H25N3OS/c27-23(19-15-28-22-9-5-4-8-18(19)22)25-13-11-21-20(14-25)24-16-26(21)12-10-17-6-2-1-3-7-17/h1-3,6-7,15-16H,4-5,8-14H2. The van der Waals surface area contributed by atoms with E-state index in [-0.39, 0.29) is 5.91 Å². The Hall–Kier alpha value is -2.40. The number of imidazole rings is 1. The van der Waals surface area contributed by atoms with E-state index in [0.717, 1.165) is 50.0 Å². The van der Waals surface area contributed by atoms with Crippen LogP contribution in [0.2, 0.25) is 0 Å². The van der Waals surface area contributed by atoms with Gasteiger partial charge in [-0.15, -0.1) is 11.3 Å². The van der Waals surface area contributed by atoms with Crippen LogP contribution in [0.4, 0.5) is 0 Å². The Balaban J connectivity index is 1.29. The van der Waals surface area contributed by atoms with Crippen LogP contribution in [-0.4, -0.2) is 26.9 Å². The second-order valence-corrected chi connectivity index (χ2v) is 8.77. The Kier molecular flexibility index (Phi) is 4.77. The number of hydrogen-bond acceptors (Lipinski definition) is 3. The summed E-state index contributed by atoms with van der Waals surface area (Å²) in [6.07, 6.45) is 8.52. The molecule has 1 aliphatic carbocycles. The van der Waals surface area contributed by atoms with Crippen LogP contribution in [0.3, 0.4) is 0 Å². The monoisotopic (exact) mass is 391 g/mol. The van der Waals surface area contributed by atoms with Gasteiger partial charge in [-0.3, -0.25) is 4.79 Å². The Bertz CT molecular complexity index is 989. The van der Waals surface area contributed by atoms with Crippen molar-refractivity contribution in [3.05, 3.63) is 75.0 Å². The molecular formula is C23H25N3OS. The van der Waals surface area contributed by atoms with E-state index in [1.807, 2.05) is 11.2 Å². The molecule has 0 radical (unpaired) electrons. The van der Waals surface area contributed by atoms with Crippen LogP contribution in [-0.2, 0) is 38.8 Å². The molecule has 28 heavy (non-hydrogen) atoms. The molecule has 4 nitrogen and oxygen atoms in total. The Morgan fingerprint density at radius 1 is 1.11 bits per heavy atom. The number of rotatable bonds is 4. The summed E-state index contributed by atoms with van der Waals surface area (Å²) in [4.78, 5) is 21.2. The number of carbonyl (C=O) groups is 1. The number of aryl methyl sites for hydroxylation is 3. The SMILES string of the molecule is O=C(c1csc2c1CCCC2)N1CCc2c(ncn2CCc2ccccc2)C1. The summed E-state index contributed by atoms with van der Waals surface area (Å²) in [6, 6.07) is 10.6. The largest absolute Gasteiger partial charge is 0.334 e. The molecular weight excluding hydrogens is 366 g/mol. The molecule has 0 saturated carbocycles. The van der Waals surface area contributed by atoms with Crippen molar-refractivity contribution in [3.8, 4) is 0 Å². The Morgan fingerprint density at radius 2 is 1.96 bits per heavy atom. The van der Waals surface area contributed by atoms with E-state index in [1.165, 1.54) is 34.5 Å². The van der Waals surface area contributed by atoms with Crippen molar-refractivity contribution >= 4 is 17.2 Å². The molecule has 5 rings (SSSR count). The quantitative estimate of drug-likeness (QED) is 0.666. The van der Waals surface area contributed by atoms with Gasteiger partial charge in [0.05, 0.1) is 24.1 Å². The van der Waals surface area contributed by atoms with Crippen molar-refractivity contribution in [2.45, 2.75) is 51.6 Å². The van der Waals surface area contributed by atoms with Gasteiger partial charge in [-0.05, 0) is 43.2 Å². The molecule has 1 amide bonds. The third-order valence-corrected chi connectivity index (χ3v) is 7.14. The van der Waals surface area contributed by atoms with Crippen molar-refractivity contribution in [2.75, 3.05) is 6.54 Å². The third kappa shape index (κ3) is 3.28. The van der Waals surface area contributed by atoms with Crippen molar-refractivity contribution < 1.29 is 4.79 Å². The molecule has 2 aliphatic rings. The van der Waals surface area contributed by atoms with Gasteiger partial charge in [-0.1, -0.05) is 30.3 Å². The van der Waals surface area contributed by atoms with Gasteiger partial charge >= 0.3 is 0 Å². The first kappa shape index (κ1) is 17.7. The van der Waals surface area contributed by atoms with Gasteiger partial charge in [0.2, 0.25) is 0 Å². The fraction of sp³-hybridized carbons (Fsp3) is 0.391. The van der Waals surface area contributed by atoms with Crippen LogP contribution in [0.5, 0.6) is 0 Å². The lowest BCUT2D eigenvalue weighted by atomic mass is 9.95. The lowest BCUT2D eigenvalue weighted by Crippen LogP contribution is -2.37. The summed E-state index contributed by atoms with van der Waals surface area (Å²) in [5.74, 6) is 0.198. The highest BCUT2D eigenvalue weighted by molar-refractivity contribution is 7.10. The number of nitrogens with zero attached hydrogens (tertiary/aromatic N) is 3. The number of hydrogen-bond donors (Lipinski definition) is 0. The van der Waals surface area contributed by atoms with Gasteiger partial charge in [0.25, 0.3) is 5.91 Å². The molecule has 0 spiro atoms. The zero-order chi connectivity index (χ0) is 18.9. The molecule has 3 heterocycles. The first-order chi connectivity index (χ1) is 13.8. The van der Waals surface area contributed by atoms with Crippen LogP contribution in [0.25, 0.3) is 0 Å². The molecule has 0 bridgehead atoms. The minimum atomic E-state index is 0.198. The number of carbonyl (C=O) groups excluding carboxylic acids is 1. The molecule has 5 heteroatoms. The average Bonchev–Trinajstić information content (AvgIpc) is 3.36. The highest BCUT2D eigenvalue weighted by Gasteiger charge is 2.28. The predicted molar refractivity (Wildman–Crippen MR) is 112 cm³/mol. The minimum Gasteiger partial charge on any atom is -0.334 e. The van der Waals surface area contributed by atoms with Crippen LogP contribution < -0.4 is 0 Å². The van der Waals surface area contributed by atoms with E-state index in [1.54, 1.807) is 11.3 Å². The van der Waals surface area contributed by atoms with Crippen molar-refractivity contribution in [3.63, 3.8) is 0 Å². The van der Waals surface area contributed by atoms with Gasteiger partial charge < -0.3 is 9.47 Å². The fourth-order valence-corrected chi connectivity index (χ4v) is 5.59. The smallest absolute Gasteiger partial charge is 0.255 e. The normalized spacial score (nSPS) is 15.9. The maximum atomic E-state index is 13.2. The molecule has 0 N–H and O–H groups in total. The summed E-state index contributed by atoms with van der Waals surface area (Å²) in [5, 5.41) is 2.09. The zero-order valence-electron chi connectivity index (χ0n) is 16.1. The van der Waals surface area contributed by atoms with E-state index in [9.17, 15) is 4.79 Å². The Morgan fingerprint density at radius 3 is 2.86 bits per heavy atom. The van der Waals surface area contributed by atoms with E-state index >= 15 is 0 Å². The van der Waals surface area contributed by atoms with Crippen LogP contribution >= 0.6 is 11.3 Å². The average molecular weight is 392 g/mol. The summed E-state index contributed by atoms with van der Waals surface area (Å²) >= 11 is 1.77. The lowest BCUT2D eigenvalue weighted by Gasteiger charge is -2.27. The lowest BCUT2D eigenvalue weighted by molar-refractivity contribution is 0.0730. The van der Waals surface area contributed by atoms with E-state index in [4.69, 9.17) is 0 Å². The maximum Gasteiger partial charge on any atom is 0.255 e. The number of fused-ring (bicyclic) bond motifs is 2. The summed E-state index contributed by atoms with van der Waals surface area (Å²) in [6.45, 7) is 2.36. The first-order valence-corrected chi connectivity index (χ1v) is 11.1. The number of amides is 1. The van der Waals surface area contributed by atoms with Crippen LogP contribution in [0.15, 0.2) is 42.0 Å². The van der Waals surface area contributed by atoms with Gasteiger partial charge in [-0.25, -0.2) is 4.98 Å².